The first kappa shape index (κ1) is 16.3. The fourth-order valence-electron chi connectivity index (χ4n) is 3.06. The van der Waals surface area contributed by atoms with E-state index in [4.69, 9.17) is 4.74 Å². The number of sulfone groups is 1. The lowest BCUT2D eigenvalue weighted by Crippen LogP contribution is -2.30. The fourth-order valence-corrected chi connectivity index (χ4v) is 4.25. The van der Waals surface area contributed by atoms with Crippen molar-refractivity contribution in [3.8, 4) is 5.75 Å². The summed E-state index contributed by atoms with van der Waals surface area (Å²) in [5.41, 5.74) is 0.831. The van der Waals surface area contributed by atoms with Crippen LogP contribution in [0.25, 0.3) is 0 Å². The van der Waals surface area contributed by atoms with Gasteiger partial charge in [-0.2, -0.15) is 0 Å². The Morgan fingerprint density at radius 3 is 2.52 bits per heavy atom. The van der Waals surface area contributed by atoms with Crippen LogP contribution in [0.3, 0.4) is 0 Å². The Hall–Kier alpha value is -1.07. The Morgan fingerprint density at radius 2 is 1.95 bits per heavy atom. The minimum atomic E-state index is -3.02. The molecule has 3 atom stereocenters. The predicted octanol–water partition coefficient (Wildman–Crippen LogP) is 2.72. The number of benzene rings is 1. The Kier molecular flexibility index (Phi) is 5.27. The highest BCUT2D eigenvalue weighted by Gasteiger charge is 2.32. The van der Waals surface area contributed by atoms with Crippen LogP contribution in [-0.4, -0.2) is 31.6 Å². The molecule has 1 aromatic carbocycles. The zero-order chi connectivity index (χ0) is 15.5. The normalized spacial score (nSPS) is 24.5. The minimum Gasteiger partial charge on any atom is -0.494 e. The first-order valence-corrected chi connectivity index (χ1v) is 9.47. The quantitative estimate of drug-likeness (QED) is 0.908. The first-order valence-electron chi connectivity index (χ1n) is 7.51. The molecule has 1 N–H and O–H groups in total. The topological polar surface area (TPSA) is 63.6 Å². The molecule has 118 valence electrons. The van der Waals surface area contributed by atoms with Gasteiger partial charge in [0.05, 0.1) is 18.0 Å². The number of aliphatic hydroxyl groups is 1. The molecule has 1 fully saturated rings. The van der Waals surface area contributed by atoms with Gasteiger partial charge in [0.1, 0.15) is 15.6 Å². The maximum atomic E-state index is 11.7. The van der Waals surface area contributed by atoms with Crippen LogP contribution in [-0.2, 0) is 9.84 Å². The third-order valence-corrected chi connectivity index (χ3v) is 5.89. The highest BCUT2D eigenvalue weighted by Crippen LogP contribution is 2.37. The van der Waals surface area contributed by atoms with Gasteiger partial charge in [-0.3, -0.25) is 0 Å². The van der Waals surface area contributed by atoms with Crippen LogP contribution in [0.4, 0.5) is 0 Å². The van der Waals surface area contributed by atoms with Crippen molar-refractivity contribution in [2.45, 2.75) is 44.0 Å². The molecule has 0 bridgehead atoms. The maximum Gasteiger partial charge on any atom is 0.150 e. The zero-order valence-corrected chi connectivity index (χ0v) is 13.5. The summed E-state index contributed by atoms with van der Waals surface area (Å²) in [6.07, 6.45) is 3.68. The second-order valence-electron chi connectivity index (χ2n) is 5.83. The lowest BCUT2D eigenvalue weighted by molar-refractivity contribution is 0.0856. The van der Waals surface area contributed by atoms with E-state index in [9.17, 15) is 13.5 Å². The highest BCUT2D eigenvalue weighted by molar-refractivity contribution is 7.91. The molecule has 1 aliphatic rings. The fraction of sp³-hybridized carbons (Fsp3) is 0.625. The van der Waals surface area contributed by atoms with Gasteiger partial charge >= 0.3 is 0 Å². The molecule has 0 heterocycles. The van der Waals surface area contributed by atoms with Crippen LogP contribution in [0.1, 0.15) is 44.3 Å². The summed E-state index contributed by atoms with van der Waals surface area (Å²) in [5, 5.41) is 10.2. The van der Waals surface area contributed by atoms with Gasteiger partial charge < -0.3 is 9.84 Å². The summed E-state index contributed by atoms with van der Waals surface area (Å²) < 4.78 is 28.8. The van der Waals surface area contributed by atoms with Crippen LogP contribution in [0.5, 0.6) is 5.75 Å². The summed E-state index contributed by atoms with van der Waals surface area (Å²) in [4.78, 5) is 0. The molecule has 3 unspecified atom stereocenters. The molecule has 0 amide bonds. The Labute approximate surface area is 127 Å². The maximum absolute atomic E-state index is 11.7. The third-order valence-electron chi connectivity index (χ3n) is 4.25. The summed E-state index contributed by atoms with van der Waals surface area (Å²) >= 11 is 0. The standard InChI is InChI=1S/C16H24O4S/c1-3-20-14-9-7-12(8-10-14)16(17)13-5-4-6-15(11-13)21(2,18)19/h7-10,13,15-17H,3-6,11H2,1-2H3. The lowest BCUT2D eigenvalue weighted by Gasteiger charge is -2.31. The second kappa shape index (κ2) is 6.79. The molecule has 2 rings (SSSR count). The van der Waals surface area contributed by atoms with Gasteiger partial charge in [-0.25, -0.2) is 8.42 Å². The van der Waals surface area contributed by atoms with E-state index in [1.165, 1.54) is 6.26 Å². The monoisotopic (exact) mass is 312 g/mol. The van der Waals surface area contributed by atoms with Gasteiger partial charge in [-0.15, -0.1) is 0 Å². The van der Waals surface area contributed by atoms with E-state index in [-0.39, 0.29) is 11.2 Å². The van der Waals surface area contributed by atoms with Gasteiger partial charge in [0, 0.05) is 6.26 Å². The van der Waals surface area contributed by atoms with Crippen molar-refractivity contribution < 1.29 is 18.3 Å². The van der Waals surface area contributed by atoms with E-state index in [2.05, 4.69) is 0 Å². The molecule has 1 aliphatic carbocycles. The first-order chi connectivity index (χ1) is 9.91. The molecule has 1 saturated carbocycles. The van der Waals surface area contributed by atoms with Crippen molar-refractivity contribution in [1.29, 1.82) is 0 Å². The van der Waals surface area contributed by atoms with E-state index in [1.807, 2.05) is 31.2 Å². The zero-order valence-electron chi connectivity index (χ0n) is 12.7. The number of aliphatic hydroxyl groups excluding tert-OH is 1. The van der Waals surface area contributed by atoms with Crippen LogP contribution in [0.2, 0.25) is 0 Å². The molecule has 1 aromatic rings. The van der Waals surface area contributed by atoms with E-state index in [0.29, 0.717) is 19.4 Å². The van der Waals surface area contributed by atoms with Crippen LogP contribution < -0.4 is 4.74 Å². The minimum absolute atomic E-state index is 0.0106. The van der Waals surface area contributed by atoms with Gasteiger partial charge in [-0.1, -0.05) is 18.6 Å². The molecular formula is C16H24O4S. The molecule has 0 aliphatic heterocycles. The SMILES string of the molecule is CCOc1ccc(C(O)C2CCCC(S(C)(=O)=O)C2)cc1. The number of hydrogen-bond donors (Lipinski definition) is 1. The van der Waals surface area contributed by atoms with Crippen molar-refractivity contribution in [3.05, 3.63) is 29.8 Å². The summed E-state index contributed by atoms with van der Waals surface area (Å²) in [6, 6.07) is 7.41. The second-order valence-corrected chi connectivity index (χ2v) is 8.15. The molecule has 0 saturated heterocycles. The number of ether oxygens (including phenoxy) is 1. The Balaban J connectivity index is 2.06. The smallest absolute Gasteiger partial charge is 0.150 e. The Bertz CT molecular complexity index is 550. The van der Waals surface area contributed by atoms with Crippen molar-refractivity contribution >= 4 is 9.84 Å². The lowest BCUT2D eigenvalue weighted by atomic mass is 9.82. The van der Waals surface area contributed by atoms with E-state index in [1.54, 1.807) is 0 Å². The molecule has 0 aromatic heterocycles. The van der Waals surface area contributed by atoms with Crippen molar-refractivity contribution in [3.63, 3.8) is 0 Å². The van der Waals surface area contributed by atoms with Gasteiger partial charge in [0.25, 0.3) is 0 Å². The van der Waals surface area contributed by atoms with Crippen LogP contribution >= 0.6 is 0 Å². The molecule has 5 heteroatoms. The van der Waals surface area contributed by atoms with Crippen molar-refractivity contribution in [2.75, 3.05) is 12.9 Å². The Morgan fingerprint density at radius 1 is 1.29 bits per heavy atom. The molecule has 0 radical (unpaired) electrons. The number of rotatable bonds is 5. The molecule has 21 heavy (non-hydrogen) atoms. The summed E-state index contributed by atoms with van der Waals surface area (Å²) in [5.74, 6) is 0.794. The van der Waals surface area contributed by atoms with E-state index >= 15 is 0 Å². The molecule has 0 spiro atoms. The summed E-state index contributed by atoms with van der Waals surface area (Å²) in [7, 11) is -3.02. The molecule has 4 nitrogen and oxygen atoms in total. The average molecular weight is 312 g/mol. The largest absolute Gasteiger partial charge is 0.494 e. The number of hydrogen-bond acceptors (Lipinski definition) is 4. The van der Waals surface area contributed by atoms with Gasteiger partial charge in [0.15, 0.2) is 0 Å². The van der Waals surface area contributed by atoms with Crippen molar-refractivity contribution in [2.24, 2.45) is 5.92 Å². The highest BCUT2D eigenvalue weighted by atomic mass is 32.2. The van der Waals surface area contributed by atoms with Crippen LogP contribution in [0.15, 0.2) is 24.3 Å². The van der Waals surface area contributed by atoms with Gasteiger partial charge in [0.2, 0.25) is 0 Å². The predicted molar refractivity (Wildman–Crippen MR) is 83.2 cm³/mol. The van der Waals surface area contributed by atoms with Crippen molar-refractivity contribution in [1.82, 2.24) is 0 Å². The van der Waals surface area contributed by atoms with E-state index in [0.717, 1.165) is 24.2 Å². The van der Waals surface area contributed by atoms with Gasteiger partial charge in [-0.05, 0) is 49.8 Å². The third kappa shape index (κ3) is 4.20. The molecular weight excluding hydrogens is 288 g/mol. The van der Waals surface area contributed by atoms with E-state index < -0.39 is 15.9 Å². The summed E-state index contributed by atoms with van der Waals surface area (Å²) in [6.45, 7) is 2.54. The average Bonchev–Trinajstić information content (AvgIpc) is 2.47. The van der Waals surface area contributed by atoms with Crippen LogP contribution in [0, 0.1) is 5.92 Å².